The topological polar surface area (TPSA) is 26.3 Å². The summed E-state index contributed by atoms with van der Waals surface area (Å²) in [5, 5.41) is 0. The van der Waals surface area contributed by atoms with E-state index >= 15 is 0 Å². The van der Waals surface area contributed by atoms with Crippen molar-refractivity contribution in [3.8, 4) is 22.3 Å². The van der Waals surface area contributed by atoms with Crippen molar-refractivity contribution in [1.29, 1.82) is 0 Å². The molecule has 0 N–H and O–H groups in total. The highest BCUT2D eigenvalue weighted by Gasteiger charge is 2.42. The lowest BCUT2D eigenvalue weighted by Crippen LogP contribution is -2.25. The largest absolute Gasteiger partial charge is 0.465 e. The van der Waals surface area contributed by atoms with Crippen LogP contribution in [0, 0.1) is 0 Å². The third-order valence-corrected chi connectivity index (χ3v) is 9.37. The molecule has 0 aromatic heterocycles. The number of fused-ring (bicyclic) bond motifs is 3. The summed E-state index contributed by atoms with van der Waals surface area (Å²) in [6.45, 7) is 4.58. The van der Waals surface area contributed by atoms with Crippen LogP contribution < -0.4 is 0 Å². The van der Waals surface area contributed by atoms with E-state index in [2.05, 4.69) is 78.3 Å². The van der Waals surface area contributed by atoms with Crippen molar-refractivity contribution in [3.05, 3.63) is 81.8 Å². The quantitative estimate of drug-likeness (QED) is 0.120. The van der Waals surface area contributed by atoms with E-state index in [0.29, 0.717) is 5.56 Å². The van der Waals surface area contributed by atoms with Crippen molar-refractivity contribution >= 4 is 21.9 Å². The van der Waals surface area contributed by atoms with Crippen LogP contribution in [0.3, 0.4) is 0 Å². The Balaban J connectivity index is 1.69. The number of methoxy groups -OCH3 is 1. The average Bonchev–Trinajstić information content (AvgIpc) is 3.24. The van der Waals surface area contributed by atoms with Crippen LogP contribution in [0.1, 0.15) is 125 Å². The summed E-state index contributed by atoms with van der Waals surface area (Å²) in [6.07, 6.45) is 18.2. The van der Waals surface area contributed by atoms with E-state index < -0.39 is 0 Å². The van der Waals surface area contributed by atoms with Crippen molar-refractivity contribution in [3.63, 3.8) is 0 Å². The van der Waals surface area contributed by atoms with Gasteiger partial charge in [0.15, 0.2) is 0 Å². The Morgan fingerprint density at radius 1 is 0.650 bits per heavy atom. The highest BCUT2D eigenvalue weighted by atomic mass is 79.9. The molecule has 40 heavy (non-hydrogen) atoms. The van der Waals surface area contributed by atoms with Crippen LogP contribution in [0.2, 0.25) is 0 Å². The second-order valence-electron chi connectivity index (χ2n) is 11.6. The lowest BCUT2D eigenvalue weighted by atomic mass is 9.70. The Kier molecular flexibility index (Phi) is 11.5. The van der Waals surface area contributed by atoms with Crippen LogP contribution in [0.4, 0.5) is 0 Å². The number of carbonyl (C=O) groups excluding carboxylic acids is 1. The molecule has 1 aliphatic rings. The molecule has 0 heterocycles. The van der Waals surface area contributed by atoms with E-state index in [1.54, 1.807) is 0 Å². The van der Waals surface area contributed by atoms with E-state index in [4.69, 9.17) is 4.74 Å². The number of halogens is 1. The Morgan fingerprint density at radius 3 is 1.73 bits per heavy atom. The molecule has 3 aromatic rings. The predicted molar refractivity (Wildman–Crippen MR) is 173 cm³/mol. The van der Waals surface area contributed by atoms with Gasteiger partial charge in [0.05, 0.1) is 12.7 Å². The van der Waals surface area contributed by atoms with Gasteiger partial charge in [-0.15, -0.1) is 0 Å². The van der Waals surface area contributed by atoms with Crippen LogP contribution >= 0.6 is 15.9 Å². The third kappa shape index (κ3) is 7.08. The SMILES string of the molecule is CCCCCCCCC1(CCCCCCCC)c2cc(Br)ccc2-c2ccc(-c3ccc(C(=O)OC)cc3)cc21. The monoisotopic (exact) mass is 602 g/mol. The van der Waals surface area contributed by atoms with E-state index in [1.165, 1.54) is 129 Å². The van der Waals surface area contributed by atoms with Gasteiger partial charge in [0.2, 0.25) is 0 Å². The molecule has 0 aliphatic heterocycles. The normalized spacial score (nSPS) is 13.2. The van der Waals surface area contributed by atoms with Gasteiger partial charge in [0.25, 0.3) is 0 Å². The molecule has 0 radical (unpaired) electrons. The van der Waals surface area contributed by atoms with Crippen molar-refractivity contribution in [2.24, 2.45) is 0 Å². The number of unbranched alkanes of at least 4 members (excludes halogenated alkanes) is 10. The number of carbonyl (C=O) groups is 1. The first-order valence-corrected chi connectivity index (χ1v) is 16.5. The Bertz CT molecular complexity index is 1230. The molecule has 0 bridgehead atoms. The van der Waals surface area contributed by atoms with Crippen LogP contribution in [-0.4, -0.2) is 13.1 Å². The molecule has 0 saturated carbocycles. The summed E-state index contributed by atoms with van der Waals surface area (Å²) in [4.78, 5) is 12.0. The minimum absolute atomic E-state index is 0.0475. The molecule has 0 saturated heterocycles. The van der Waals surface area contributed by atoms with Gasteiger partial charge in [-0.3, -0.25) is 0 Å². The van der Waals surface area contributed by atoms with Gasteiger partial charge in [-0.2, -0.15) is 0 Å². The lowest BCUT2D eigenvalue weighted by molar-refractivity contribution is 0.0600. The van der Waals surface area contributed by atoms with Gasteiger partial charge in [-0.1, -0.05) is 137 Å². The zero-order chi connectivity index (χ0) is 28.4. The minimum atomic E-state index is -0.293. The molecular weight excluding hydrogens is 556 g/mol. The van der Waals surface area contributed by atoms with Crippen LogP contribution in [0.5, 0.6) is 0 Å². The second kappa shape index (κ2) is 15.0. The average molecular weight is 604 g/mol. The van der Waals surface area contributed by atoms with E-state index in [-0.39, 0.29) is 11.4 Å². The van der Waals surface area contributed by atoms with Gasteiger partial charge in [-0.25, -0.2) is 4.79 Å². The van der Waals surface area contributed by atoms with E-state index in [9.17, 15) is 4.79 Å². The van der Waals surface area contributed by atoms with Gasteiger partial charge in [-0.05, 0) is 76.6 Å². The fraction of sp³-hybridized carbons (Fsp3) is 0.486. The highest BCUT2D eigenvalue weighted by molar-refractivity contribution is 9.10. The first kappa shape index (κ1) is 30.6. The highest BCUT2D eigenvalue weighted by Crippen LogP contribution is 2.55. The fourth-order valence-corrected chi connectivity index (χ4v) is 7.00. The van der Waals surface area contributed by atoms with Crippen LogP contribution in [0.15, 0.2) is 65.1 Å². The number of ether oxygens (including phenoxy) is 1. The summed E-state index contributed by atoms with van der Waals surface area (Å²) in [6, 6.07) is 21.9. The third-order valence-electron chi connectivity index (χ3n) is 8.88. The molecular formula is C37H47BrO2. The smallest absolute Gasteiger partial charge is 0.337 e. The Morgan fingerprint density at radius 2 is 1.15 bits per heavy atom. The Hall–Kier alpha value is -2.39. The maximum atomic E-state index is 12.0. The van der Waals surface area contributed by atoms with Gasteiger partial charge in [0.1, 0.15) is 0 Å². The summed E-state index contributed by atoms with van der Waals surface area (Å²) >= 11 is 3.82. The minimum Gasteiger partial charge on any atom is -0.465 e. The summed E-state index contributed by atoms with van der Waals surface area (Å²) in [5.74, 6) is -0.293. The Labute approximate surface area is 251 Å². The fourth-order valence-electron chi connectivity index (χ4n) is 6.64. The van der Waals surface area contributed by atoms with Gasteiger partial charge in [0, 0.05) is 9.89 Å². The molecule has 3 heteroatoms. The van der Waals surface area contributed by atoms with Crippen LogP contribution in [0.25, 0.3) is 22.3 Å². The standard InChI is InChI=1S/C37H47BrO2/c1-4-6-8-10-12-14-24-37(25-15-13-11-9-7-5-2)34-26-30(28-16-18-29(19-17-28)36(39)40-3)20-22-32(34)33-23-21-31(38)27-35(33)37/h16-23,26-27H,4-15,24-25H2,1-3H3. The maximum Gasteiger partial charge on any atom is 0.337 e. The molecule has 0 atom stereocenters. The predicted octanol–water partition coefficient (Wildman–Crippen LogP) is 11.7. The summed E-state index contributed by atoms with van der Waals surface area (Å²) in [5.41, 5.74) is 8.81. The molecule has 214 valence electrons. The molecule has 4 rings (SSSR count). The molecule has 3 aromatic carbocycles. The van der Waals surface area contributed by atoms with Gasteiger partial charge >= 0.3 is 5.97 Å². The van der Waals surface area contributed by atoms with Crippen molar-refractivity contribution in [2.75, 3.05) is 7.11 Å². The second-order valence-corrected chi connectivity index (χ2v) is 12.6. The molecule has 0 fully saturated rings. The zero-order valence-corrected chi connectivity index (χ0v) is 26.5. The molecule has 1 aliphatic carbocycles. The number of hydrogen-bond acceptors (Lipinski definition) is 2. The zero-order valence-electron chi connectivity index (χ0n) is 24.9. The maximum absolute atomic E-state index is 12.0. The number of esters is 1. The number of benzene rings is 3. The van der Waals surface area contributed by atoms with Gasteiger partial charge < -0.3 is 4.74 Å². The summed E-state index contributed by atoms with van der Waals surface area (Å²) < 4.78 is 6.08. The van der Waals surface area contributed by atoms with Crippen molar-refractivity contribution in [1.82, 2.24) is 0 Å². The molecule has 2 nitrogen and oxygen atoms in total. The van der Waals surface area contributed by atoms with Crippen LogP contribution in [-0.2, 0) is 10.2 Å². The number of rotatable bonds is 16. The lowest BCUT2D eigenvalue weighted by Gasteiger charge is -2.33. The molecule has 0 unspecified atom stereocenters. The van der Waals surface area contributed by atoms with Crippen molar-refractivity contribution in [2.45, 2.75) is 109 Å². The summed E-state index contributed by atoms with van der Waals surface area (Å²) in [7, 11) is 1.43. The number of hydrogen-bond donors (Lipinski definition) is 0. The van der Waals surface area contributed by atoms with E-state index in [0.717, 1.165) is 5.56 Å². The first-order chi connectivity index (χ1) is 19.5. The van der Waals surface area contributed by atoms with Crippen molar-refractivity contribution < 1.29 is 9.53 Å². The molecule has 0 spiro atoms. The molecule has 0 amide bonds. The first-order valence-electron chi connectivity index (χ1n) is 15.7. The van der Waals surface area contributed by atoms with E-state index in [1.807, 2.05) is 12.1 Å².